The third-order valence-electron chi connectivity index (χ3n) is 3.52. The quantitative estimate of drug-likeness (QED) is 0.813. The van der Waals surface area contributed by atoms with Gasteiger partial charge in [0, 0.05) is 18.3 Å². The number of rotatable bonds is 2. The van der Waals surface area contributed by atoms with E-state index in [4.69, 9.17) is 0 Å². The van der Waals surface area contributed by atoms with Crippen molar-refractivity contribution in [3.63, 3.8) is 0 Å². The highest BCUT2D eigenvalue weighted by molar-refractivity contribution is 5.82. The second kappa shape index (κ2) is 4.30. The average Bonchev–Trinajstić information content (AvgIpc) is 2.80. The molecular weight excluding hydrogens is 196 g/mol. The summed E-state index contributed by atoms with van der Waals surface area (Å²) in [7, 11) is 0. The number of nitrogens with one attached hydrogen (secondary N) is 1. The number of piperidine rings is 1. The summed E-state index contributed by atoms with van der Waals surface area (Å²) in [5.41, 5.74) is 2.75. The van der Waals surface area contributed by atoms with Gasteiger partial charge < -0.3 is 4.98 Å². The van der Waals surface area contributed by atoms with E-state index in [2.05, 4.69) is 34.1 Å². The second-order valence-electron chi connectivity index (χ2n) is 4.70. The number of fused-ring (bicyclic) bond motifs is 1. The van der Waals surface area contributed by atoms with Gasteiger partial charge in [-0.15, -0.1) is 0 Å². The lowest BCUT2D eigenvalue weighted by Crippen LogP contribution is -2.29. The van der Waals surface area contributed by atoms with Crippen molar-refractivity contribution in [2.24, 2.45) is 0 Å². The van der Waals surface area contributed by atoms with Gasteiger partial charge in [0.25, 0.3) is 0 Å². The van der Waals surface area contributed by atoms with E-state index in [0.29, 0.717) is 0 Å². The first-order chi connectivity index (χ1) is 7.93. The summed E-state index contributed by atoms with van der Waals surface area (Å²) in [6.07, 6.45) is 6.16. The highest BCUT2D eigenvalue weighted by Crippen LogP contribution is 2.20. The van der Waals surface area contributed by atoms with Crippen LogP contribution in [-0.2, 0) is 6.54 Å². The smallest absolute Gasteiger partial charge is 0.0499 e. The molecule has 0 bridgehead atoms. The fourth-order valence-corrected chi connectivity index (χ4v) is 2.64. The Balaban J connectivity index is 1.85. The largest absolute Gasteiger partial charge is 0.361 e. The van der Waals surface area contributed by atoms with Gasteiger partial charge in [0.15, 0.2) is 0 Å². The molecule has 0 aliphatic carbocycles. The maximum Gasteiger partial charge on any atom is 0.0499 e. The number of para-hydroxylation sites is 1. The summed E-state index contributed by atoms with van der Waals surface area (Å²) in [6.45, 7) is 3.62. The normalized spacial score (nSPS) is 18.0. The number of likely N-dealkylation sites (tertiary alicyclic amines) is 1. The molecule has 0 spiro atoms. The summed E-state index contributed by atoms with van der Waals surface area (Å²) in [5, 5.41) is 1.33. The lowest BCUT2D eigenvalue weighted by atomic mass is 10.1. The van der Waals surface area contributed by atoms with Crippen LogP contribution in [0.3, 0.4) is 0 Å². The number of hydrogen-bond acceptors (Lipinski definition) is 1. The summed E-state index contributed by atoms with van der Waals surface area (Å²) >= 11 is 0. The zero-order valence-electron chi connectivity index (χ0n) is 9.58. The molecule has 0 amide bonds. The van der Waals surface area contributed by atoms with Crippen molar-refractivity contribution in [2.75, 3.05) is 13.1 Å². The van der Waals surface area contributed by atoms with Crippen molar-refractivity contribution in [1.82, 2.24) is 9.88 Å². The Morgan fingerprint density at radius 3 is 2.81 bits per heavy atom. The van der Waals surface area contributed by atoms with Gasteiger partial charge in [0.05, 0.1) is 0 Å². The van der Waals surface area contributed by atoms with Gasteiger partial charge in [0.1, 0.15) is 0 Å². The predicted octanol–water partition coefficient (Wildman–Crippen LogP) is 3.15. The molecular formula is C14H18N2. The summed E-state index contributed by atoms with van der Waals surface area (Å²) in [4.78, 5) is 5.92. The summed E-state index contributed by atoms with van der Waals surface area (Å²) < 4.78 is 0. The van der Waals surface area contributed by atoms with Crippen LogP contribution in [0.2, 0.25) is 0 Å². The van der Waals surface area contributed by atoms with E-state index < -0.39 is 0 Å². The molecule has 3 rings (SSSR count). The van der Waals surface area contributed by atoms with Crippen LogP contribution in [0, 0.1) is 0 Å². The fraction of sp³-hybridized carbons (Fsp3) is 0.429. The minimum Gasteiger partial charge on any atom is -0.361 e. The van der Waals surface area contributed by atoms with Gasteiger partial charge in [-0.05, 0) is 42.9 Å². The molecule has 2 heteroatoms. The zero-order chi connectivity index (χ0) is 10.8. The first kappa shape index (κ1) is 9.91. The molecule has 1 aromatic heterocycles. The second-order valence-corrected chi connectivity index (χ2v) is 4.70. The van der Waals surface area contributed by atoms with E-state index in [1.54, 1.807) is 0 Å². The highest BCUT2D eigenvalue weighted by atomic mass is 15.1. The van der Waals surface area contributed by atoms with Crippen LogP contribution in [0.5, 0.6) is 0 Å². The molecule has 2 heterocycles. The molecule has 84 valence electrons. The third-order valence-corrected chi connectivity index (χ3v) is 3.52. The molecule has 1 fully saturated rings. The summed E-state index contributed by atoms with van der Waals surface area (Å²) in [5.74, 6) is 0. The van der Waals surface area contributed by atoms with Crippen LogP contribution in [-0.4, -0.2) is 23.0 Å². The molecule has 16 heavy (non-hydrogen) atoms. The molecule has 0 unspecified atom stereocenters. The minimum atomic E-state index is 1.10. The Morgan fingerprint density at radius 1 is 1.06 bits per heavy atom. The highest BCUT2D eigenvalue weighted by Gasteiger charge is 2.11. The van der Waals surface area contributed by atoms with Gasteiger partial charge in [-0.1, -0.05) is 24.6 Å². The molecule has 1 aliphatic heterocycles. The Morgan fingerprint density at radius 2 is 1.94 bits per heavy atom. The van der Waals surface area contributed by atoms with Gasteiger partial charge in [-0.25, -0.2) is 0 Å². The number of aromatic amines is 1. The molecule has 1 N–H and O–H groups in total. The van der Waals surface area contributed by atoms with E-state index in [1.165, 1.54) is 48.8 Å². The predicted molar refractivity (Wildman–Crippen MR) is 67.4 cm³/mol. The van der Waals surface area contributed by atoms with Gasteiger partial charge in [-0.3, -0.25) is 4.90 Å². The van der Waals surface area contributed by atoms with Crippen LogP contribution >= 0.6 is 0 Å². The van der Waals surface area contributed by atoms with Crippen LogP contribution in [0.4, 0.5) is 0 Å². The van der Waals surface area contributed by atoms with E-state index >= 15 is 0 Å². The lowest BCUT2D eigenvalue weighted by Gasteiger charge is -2.26. The Kier molecular flexibility index (Phi) is 2.66. The summed E-state index contributed by atoms with van der Waals surface area (Å²) in [6, 6.07) is 8.73. The molecule has 2 nitrogen and oxygen atoms in total. The van der Waals surface area contributed by atoms with Crippen molar-refractivity contribution < 1.29 is 0 Å². The number of nitrogens with zero attached hydrogens (tertiary/aromatic N) is 1. The Hall–Kier alpha value is -1.28. The minimum absolute atomic E-state index is 1.10. The van der Waals surface area contributed by atoms with Crippen molar-refractivity contribution in [3.8, 4) is 0 Å². The lowest BCUT2D eigenvalue weighted by molar-refractivity contribution is 0.221. The maximum atomic E-state index is 3.35. The van der Waals surface area contributed by atoms with Crippen molar-refractivity contribution >= 4 is 10.9 Å². The van der Waals surface area contributed by atoms with E-state index in [0.717, 1.165) is 6.54 Å². The Labute approximate surface area is 96.3 Å². The number of benzene rings is 1. The van der Waals surface area contributed by atoms with Crippen LogP contribution in [0.15, 0.2) is 30.5 Å². The van der Waals surface area contributed by atoms with Crippen LogP contribution < -0.4 is 0 Å². The van der Waals surface area contributed by atoms with Crippen LogP contribution in [0.1, 0.15) is 24.8 Å². The van der Waals surface area contributed by atoms with E-state index in [9.17, 15) is 0 Å². The SMILES string of the molecule is c1cc(CN2CCCCC2)c2[nH]ccc2c1. The number of H-pyrrole nitrogens is 1. The molecule has 0 radical (unpaired) electrons. The monoisotopic (exact) mass is 214 g/mol. The molecule has 2 aromatic rings. The molecule has 1 saturated heterocycles. The fourth-order valence-electron chi connectivity index (χ4n) is 2.64. The van der Waals surface area contributed by atoms with Gasteiger partial charge in [-0.2, -0.15) is 0 Å². The topological polar surface area (TPSA) is 19.0 Å². The van der Waals surface area contributed by atoms with Crippen LogP contribution in [0.25, 0.3) is 10.9 Å². The molecule has 1 aromatic carbocycles. The van der Waals surface area contributed by atoms with E-state index in [1.807, 2.05) is 6.20 Å². The number of aromatic nitrogens is 1. The van der Waals surface area contributed by atoms with Crippen molar-refractivity contribution in [3.05, 3.63) is 36.0 Å². The van der Waals surface area contributed by atoms with Crippen molar-refractivity contribution in [2.45, 2.75) is 25.8 Å². The Bertz CT molecular complexity index is 466. The first-order valence-electron chi connectivity index (χ1n) is 6.21. The molecule has 0 saturated carbocycles. The van der Waals surface area contributed by atoms with Gasteiger partial charge >= 0.3 is 0 Å². The van der Waals surface area contributed by atoms with Gasteiger partial charge in [0.2, 0.25) is 0 Å². The first-order valence-corrected chi connectivity index (χ1v) is 6.21. The molecule has 1 aliphatic rings. The standard InChI is InChI=1S/C14H18N2/c1-2-9-16(10-3-1)11-13-6-4-5-12-7-8-15-14(12)13/h4-8,15H,1-3,9-11H2. The number of hydrogen-bond donors (Lipinski definition) is 1. The van der Waals surface area contributed by atoms with E-state index in [-0.39, 0.29) is 0 Å². The maximum absolute atomic E-state index is 3.35. The third kappa shape index (κ3) is 1.85. The zero-order valence-corrected chi connectivity index (χ0v) is 9.58. The van der Waals surface area contributed by atoms with Crippen molar-refractivity contribution in [1.29, 1.82) is 0 Å². The average molecular weight is 214 g/mol. The molecule has 0 atom stereocenters.